The molecule has 18 heavy (non-hydrogen) atoms. The summed E-state index contributed by atoms with van der Waals surface area (Å²) in [4.78, 5) is 0.883. The number of benzene rings is 1. The number of hydrogen-bond donors (Lipinski definition) is 0. The average Bonchev–Trinajstić information content (AvgIpc) is 2.97. The van der Waals surface area contributed by atoms with E-state index in [2.05, 4.69) is 29.2 Å². The zero-order valence-corrected chi connectivity index (χ0v) is 12.7. The van der Waals surface area contributed by atoms with Gasteiger partial charge in [-0.25, -0.2) is 18.6 Å². The van der Waals surface area contributed by atoms with Crippen molar-refractivity contribution in [1.82, 2.24) is 0 Å². The van der Waals surface area contributed by atoms with E-state index in [-0.39, 0.29) is 17.1 Å². The summed E-state index contributed by atoms with van der Waals surface area (Å²) in [5.74, 6) is 0. The van der Waals surface area contributed by atoms with Crippen molar-refractivity contribution < 1.29 is 26.4 Å². The largest absolute Gasteiger partial charge is 2.00 e. The third-order valence-corrected chi connectivity index (χ3v) is 2.17. The van der Waals surface area contributed by atoms with E-state index in [0.717, 1.165) is 9.37 Å². The summed E-state index contributed by atoms with van der Waals surface area (Å²) >= 11 is 8.15. The molecule has 1 aromatic carbocycles. The maximum absolute atomic E-state index is 7.50. The fourth-order valence-corrected chi connectivity index (χ4v) is 1.16. The Kier molecular flexibility index (Phi) is 23.8. The van der Waals surface area contributed by atoms with Crippen molar-refractivity contribution in [2.75, 3.05) is 0 Å². The van der Waals surface area contributed by atoms with Crippen LogP contribution in [0.5, 0.6) is 0 Å². The molecule has 0 amide bonds. The number of halogens is 1. The van der Waals surface area contributed by atoms with Crippen LogP contribution in [-0.4, -0.2) is 0 Å². The molecule has 2 rings (SSSR count). The summed E-state index contributed by atoms with van der Waals surface area (Å²) in [5.41, 5.74) is 0. The molecule has 0 aliphatic heterocycles. The first-order chi connectivity index (χ1) is 8.29. The van der Waals surface area contributed by atoms with Gasteiger partial charge in [-0.1, -0.05) is 28.1 Å². The third kappa shape index (κ3) is 15.5. The minimum absolute atomic E-state index is 0. The maximum Gasteiger partial charge on any atom is 2.00 e. The van der Waals surface area contributed by atoms with Gasteiger partial charge >= 0.3 is 39.7 Å². The van der Waals surface area contributed by atoms with Crippen molar-refractivity contribution in [3.05, 3.63) is 73.5 Å². The SMILES string of the molecule is [C-]#[O+].[C-]#[O+].[CH]1[CH][CH-]C=C1.[Fe+2].[S-]c1ccc(Br)cc1. The maximum atomic E-state index is 7.50. The summed E-state index contributed by atoms with van der Waals surface area (Å²) in [6, 6.07) is 7.64. The molecule has 0 unspecified atom stereocenters. The van der Waals surface area contributed by atoms with Crippen LogP contribution in [-0.2, 0) is 39.0 Å². The fourth-order valence-electron chi connectivity index (χ4n) is 0.755. The molecule has 0 spiro atoms. The van der Waals surface area contributed by atoms with Gasteiger partial charge in [0.1, 0.15) is 0 Å². The van der Waals surface area contributed by atoms with E-state index in [4.69, 9.17) is 21.9 Å². The van der Waals surface area contributed by atoms with Gasteiger partial charge in [0.25, 0.3) is 0 Å². The molecule has 0 fully saturated rings. The molecule has 5 heteroatoms. The van der Waals surface area contributed by atoms with E-state index in [1.54, 1.807) is 0 Å². The second-order valence-electron chi connectivity index (χ2n) is 2.42. The first kappa shape index (κ1) is 22.7. The molecule has 0 bridgehead atoms. The van der Waals surface area contributed by atoms with Gasteiger partial charge in [0.05, 0.1) is 0 Å². The molecule has 0 N–H and O–H groups in total. The minimum atomic E-state index is 0. The van der Waals surface area contributed by atoms with E-state index in [1.165, 1.54) is 0 Å². The van der Waals surface area contributed by atoms with Gasteiger partial charge in [-0.2, -0.15) is 4.90 Å². The second-order valence-corrected chi connectivity index (χ2v) is 3.80. The summed E-state index contributed by atoms with van der Waals surface area (Å²) < 4.78 is 16.1. The Bertz CT molecular complexity index is 314. The molecular formula is C13H9BrFeO2S. The van der Waals surface area contributed by atoms with Gasteiger partial charge in [-0.3, -0.25) is 0 Å². The van der Waals surface area contributed by atoms with Crippen LogP contribution in [0.25, 0.3) is 0 Å². The monoisotopic (exact) mass is 364 g/mol. The van der Waals surface area contributed by atoms with Crippen molar-refractivity contribution in [1.29, 1.82) is 0 Å². The summed E-state index contributed by atoms with van der Waals surface area (Å²) in [7, 11) is 0. The van der Waals surface area contributed by atoms with Crippen molar-refractivity contribution in [2.45, 2.75) is 4.90 Å². The molecular weight excluding hydrogens is 356 g/mol. The molecule has 0 saturated carbocycles. The standard InChI is InChI=1S/C6H5BrS.C5H5.2CO.Fe/c7-5-1-3-6(8)4-2-5;1-2-4-5-3-1;2*1-2;/h1-4,8H;1-5H;;;/q;-1;;;+2/p-1. The molecule has 2 nitrogen and oxygen atoms in total. The van der Waals surface area contributed by atoms with Crippen molar-refractivity contribution in [2.24, 2.45) is 0 Å². The Morgan fingerprint density at radius 2 is 1.56 bits per heavy atom. The minimum Gasteiger partial charge on any atom is -0.780 e. The van der Waals surface area contributed by atoms with Crippen LogP contribution in [0.3, 0.4) is 0 Å². The first-order valence-electron chi connectivity index (χ1n) is 4.29. The summed E-state index contributed by atoms with van der Waals surface area (Å²) in [5, 5.41) is 0. The van der Waals surface area contributed by atoms with Gasteiger partial charge in [0.15, 0.2) is 0 Å². The van der Waals surface area contributed by atoms with Gasteiger partial charge in [-0.05, 0) is 12.1 Å². The third-order valence-electron chi connectivity index (χ3n) is 1.37. The summed E-state index contributed by atoms with van der Waals surface area (Å²) in [6.45, 7) is 9.00. The zero-order chi connectivity index (χ0) is 13.5. The van der Waals surface area contributed by atoms with E-state index in [9.17, 15) is 0 Å². The fraction of sp³-hybridized carbons (Fsp3) is 0. The molecule has 1 aromatic rings. The van der Waals surface area contributed by atoms with Crippen LogP contribution in [0.1, 0.15) is 0 Å². The Hall–Kier alpha value is -0.471. The van der Waals surface area contributed by atoms with Gasteiger partial charge in [0.2, 0.25) is 0 Å². The molecule has 2 radical (unpaired) electrons. The van der Waals surface area contributed by atoms with E-state index < -0.39 is 0 Å². The van der Waals surface area contributed by atoms with Gasteiger partial charge in [0, 0.05) is 4.47 Å². The Balaban J connectivity index is -0.000000196. The number of hydrogen-bond acceptors (Lipinski definition) is 1. The van der Waals surface area contributed by atoms with Gasteiger partial charge < -0.3 is 12.6 Å². The topological polar surface area (TPSA) is 39.8 Å². The molecule has 0 aromatic heterocycles. The van der Waals surface area contributed by atoms with Crippen molar-refractivity contribution in [3.8, 4) is 0 Å². The van der Waals surface area contributed by atoms with E-state index in [1.807, 2.05) is 55.7 Å². The molecule has 94 valence electrons. The number of rotatable bonds is 0. The quantitative estimate of drug-likeness (QED) is 0.301. The number of allylic oxidation sites excluding steroid dienone is 2. The Morgan fingerprint density at radius 1 is 1.06 bits per heavy atom. The van der Waals surface area contributed by atoms with Crippen molar-refractivity contribution in [3.63, 3.8) is 0 Å². The first-order valence-corrected chi connectivity index (χ1v) is 5.49. The predicted octanol–water partition coefficient (Wildman–Crippen LogP) is 3.45. The van der Waals surface area contributed by atoms with Crippen LogP contribution >= 0.6 is 15.9 Å². The Morgan fingerprint density at radius 3 is 1.78 bits per heavy atom. The van der Waals surface area contributed by atoms with Gasteiger partial charge in [-0.15, -0.1) is 12.8 Å². The van der Waals surface area contributed by atoms with Crippen LogP contribution in [0, 0.1) is 32.6 Å². The second kappa shape index (κ2) is 18.9. The van der Waals surface area contributed by atoms with Crippen LogP contribution in [0.2, 0.25) is 0 Å². The predicted molar refractivity (Wildman–Crippen MR) is 69.7 cm³/mol. The summed E-state index contributed by atoms with van der Waals surface area (Å²) in [6.07, 6.45) is 10.0. The Labute approximate surface area is 133 Å². The average molecular weight is 365 g/mol. The van der Waals surface area contributed by atoms with Crippen LogP contribution in [0.15, 0.2) is 45.8 Å². The zero-order valence-electron chi connectivity index (χ0n) is 9.15. The van der Waals surface area contributed by atoms with Crippen molar-refractivity contribution >= 4 is 28.6 Å². The smallest absolute Gasteiger partial charge is 0.780 e. The molecule has 0 heterocycles. The van der Waals surface area contributed by atoms with Crippen LogP contribution < -0.4 is 0 Å². The molecule has 1 aliphatic rings. The normalized spacial score (nSPS) is 9.61. The van der Waals surface area contributed by atoms with Crippen LogP contribution in [0.4, 0.5) is 0 Å². The van der Waals surface area contributed by atoms with E-state index in [0.29, 0.717) is 0 Å². The molecule has 0 atom stereocenters. The molecule has 1 aliphatic carbocycles. The van der Waals surface area contributed by atoms with E-state index >= 15 is 0 Å². The molecule has 0 saturated heterocycles.